The Labute approximate surface area is 81.4 Å². The van der Waals surface area contributed by atoms with E-state index in [1.165, 1.54) is 25.2 Å². The predicted octanol–water partition coefficient (Wildman–Crippen LogP) is 1.33. The number of carbonyl (C=O) groups is 1. The number of Topliss-reactive ketones (excluding diaryl/α,β-unsaturated/α-hetero) is 1. The molecule has 13 heavy (non-hydrogen) atoms. The number of thiazole rings is 1. The molecule has 1 aromatic rings. The van der Waals surface area contributed by atoms with Gasteiger partial charge in [0.05, 0.1) is 6.42 Å². The molecule has 0 aliphatic carbocycles. The molecule has 0 aliphatic rings. The Bertz CT molecular complexity index is 312. The van der Waals surface area contributed by atoms with E-state index in [1.807, 2.05) is 12.3 Å². The van der Waals surface area contributed by atoms with Gasteiger partial charge < -0.3 is 5.11 Å². The average molecular weight is 199 g/mol. The van der Waals surface area contributed by atoms with Crippen LogP contribution >= 0.6 is 11.3 Å². The normalized spacial score (nSPS) is 11.7. The first kappa shape index (κ1) is 10.3. The quantitative estimate of drug-likeness (QED) is 0.799. The maximum absolute atomic E-state index is 11.4. The van der Waals surface area contributed by atoms with Crippen molar-refractivity contribution in [3.63, 3.8) is 0 Å². The van der Waals surface area contributed by atoms with E-state index in [0.29, 0.717) is 0 Å². The molecule has 0 saturated carbocycles. The molecular formula is C9H13NO2S. The molecule has 0 aromatic carbocycles. The molecule has 0 amide bonds. The lowest BCUT2D eigenvalue weighted by atomic mass is 10.0. The number of hydrogen-bond donors (Lipinski definition) is 1. The molecule has 1 rings (SSSR count). The number of nitrogens with zero attached hydrogens (tertiary/aromatic N) is 1. The first-order chi connectivity index (χ1) is 5.89. The van der Waals surface area contributed by atoms with Crippen LogP contribution in [0, 0.1) is 6.92 Å². The van der Waals surface area contributed by atoms with Gasteiger partial charge in [-0.1, -0.05) is 0 Å². The highest BCUT2D eigenvalue weighted by Gasteiger charge is 2.24. The van der Waals surface area contributed by atoms with Crippen LogP contribution in [0.3, 0.4) is 0 Å². The largest absolute Gasteiger partial charge is 0.383 e. The van der Waals surface area contributed by atoms with Gasteiger partial charge in [-0.2, -0.15) is 0 Å². The van der Waals surface area contributed by atoms with E-state index in [0.717, 1.165) is 10.7 Å². The standard InChI is InChI=1S/C9H13NO2S/c1-6-5-13-8(10-6)4-7(11)9(2,3)12/h5,12H,4H2,1-3H3. The number of aromatic nitrogens is 1. The summed E-state index contributed by atoms with van der Waals surface area (Å²) in [6.45, 7) is 4.88. The fourth-order valence-electron chi connectivity index (χ4n) is 0.838. The smallest absolute Gasteiger partial charge is 0.170 e. The highest BCUT2D eigenvalue weighted by atomic mass is 32.1. The molecule has 0 spiro atoms. The lowest BCUT2D eigenvalue weighted by Gasteiger charge is -2.13. The van der Waals surface area contributed by atoms with Crippen molar-refractivity contribution in [2.75, 3.05) is 0 Å². The van der Waals surface area contributed by atoms with E-state index in [9.17, 15) is 9.90 Å². The summed E-state index contributed by atoms with van der Waals surface area (Å²) in [5.41, 5.74) is -0.330. The summed E-state index contributed by atoms with van der Waals surface area (Å²) in [5.74, 6) is -0.193. The molecule has 0 unspecified atom stereocenters. The fraction of sp³-hybridized carbons (Fsp3) is 0.556. The minimum Gasteiger partial charge on any atom is -0.383 e. The molecule has 0 fully saturated rings. The molecule has 0 aliphatic heterocycles. The summed E-state index contributed by atoms with van der Waals surface area (Å²) in [4.78, 5) is 15.5. The molecule has 0 saturated heterocycles. The number of aliphatic hydroxyl groups is 1. The third kappa shape index (κ3) is 2.90. The zero-order valence-corrected chi connectivity index (χ0v) is 8.81. The third-order valence-corrected chi connectivity index (χ3v) is 2.63. The predicted molar refractivity (Wildman–Crippen MR) is 51.9 cm³/mol. The molecule has 1 heterocycles. The van der Waals surface area contributed by atoms with Gasteiger partial charge >= 0.3 is 0 Å². The molecule has 1 aromatic heterocycles. The minimum absolute atomic E-state index is 0.193. The Hall–Kier alpha value is -0.740. The van der Waals surface area contributed by atoms with Gasteiger partial charge in [0, 0.05) is 11.1 Å². The van der Waals surface area contributed by atoms with Crippen LogP contribution < -0.4 is 0 Å². The molecule has 0 bridgehead atoms. The fourth-order valence-corrected chi connectivity index (χ4v) is 1.61. The highest BCUT2D eigenvalue weighted by molar-refractivity contribution is 7.09. The van der Waals surface area contributed by atoms with E-state index >= 15 is 0 Å². The van der Waals surface area contributed by atoms with Gasteiger partial charge in [-0.3, -0.25) is 4.79 Å². The zero-order valence-electron chi connectivity index (χ0n) is 8.00. The first-order valence-corrected chi connectivity index (χ1v) is 4.94. The summed E-state index contributed by atoms with van der Waals surface area (Å²) in [7, 11) is 0. The average Bonchev–Trinajstić information content (AvgIpc) is 2.33. The van der Waals surface area contributed by atoms with Crippen molar-refractivity contribution in [3.8, 4) is 0 Å². The van der Waals surface area contributed by atoms with Crippen LogP contribution in [0.25, 0.3) is 0 Å². The van der Waals surface area contributed by atoms with Gasteiger partial charge in [0.1, 0.15) is 10.6 Å². The number of aryl methyl sites for hydroxylation is 1. The van der Waals surface area contributed by atoms with Crippen molar-refractivity contribution in [2.45, 2.75) is 32.8 Å². The van der Waals surface area contributed by atoms with Gasteiger partial charge in [0.2, 0.25) is 0 Å². The van der Waals surface area contributed by atoms with E-state index in [2.05, 4.69) is 4.98 Å². The molecule has 1 N–H and O–H groups in total. The summed E-state index contributed by atoms with van der Waals surface area (Å²) in [6.07, 6.45) is 0.224. The monoisotopic (exact) mass is 199 g/mol. The van der Waals surface area contributed by atoms with Crippen molar-refractivity contribution in [1.29, 1.82) is 0 Å². The topological polar surface area (TPSA) is 50.2 Å². The lowest BCUT2D eigenvalue weighted by Crippen LogP contribution is -2.32. The summed E-state index contributed by atoms with van der Waals surface area (Å²) in [5, 5.41) is 12.0. The van der Waals surface area contributed by atoms with Gasteiger partial charge in [-0.05, 0) is 20.8 Å². The summed E-state index contributed by atoms with van der Waals surface area (Å²) in [6, 6.07) is 0. The first-order valence-electron chi connectivity index (χ1n) is 4.06. The highest BCUT2D eigenvalue weighted by Crippen LogP contribution is 2.13. The van der Waals surface area contributed by atoms with Gasteiger partial charge in [-0.25, -0.2) is 4.98 Å². The molecule has 0 atom stereocenters. The van der Waals surface area contributed by atoms with Crippen molar-refractivity contribution in [3.05, 3.63) is 16.1 Å². The van der Waals surface area contributed by atoms with Gasteiger partial charge in [0.15, 0.2) is 5.78 Å². The number of ketones is 1. The van der Waals surface area contributed by atoms with Crippen LogP contribution in [0.4, 0.5) is 0 Å². The van der Waals surface area contributed by atoms with Crippen LogP contribution in [0.5, 0.6) is 0 Å². The second-order valence-corrected chi connectivity index (χ2v) is 4.48. The SMILES string of the molecule is Cc1csc(CC(=O)C(C)(C)O)n1. The number of carbonyl (C=O) groups excluding carboxylic acids is 1. The molecular weight excluding hydrogens is 186 g/mol. The van der Waals surface area contributed by atoms with Crippen molar-refractivity contribution in [2.24, 2.45) is 0 Å². The Balaban J connectivity index is 2.65. The Morgan fingerprint density at radius 1 is 1.69 bits per heavy atom. The van der Waals surface area contributed by atoms with Crippen molar-refractivity contribution < 1.29 is 9.90 Å². The third-order valence-electron chi connectivity index (χ3n) is 1.66. The molecule has 3 nitrogen and oxygen atoms in total. The molecule has 72 valence electrons. The van der Waals surface area contributed by atoms with Gasteiger partial charge in [0.25, 0.3) is 0 Å². The second kappa shape index (κ2) is 3.55. The van der Waals surface area contributed by atoms with Crippen LogP contribution in [-0.2, 0) is 11.2 Å². The number of rotatable bonds is 3. The summed E-state index contributed by atoms with van der Waals surface area (Å²) < 4.78 is 0. The van der Waals surface area contributed by atoms with E-state index < -0.39 is 5.60 Å². The Kier molecular flexibility index (Phi) is 2.83. The molecule has 4 heteroatoms. The van der Waals surface area contributed by atoms with Crippen LogP contribution in [-0.4, -0.2) is 21.5 Å². The Morgan fingerprint density at radius 2 is 2.31 bits per heavy atom. The zero-order chi connectivity index (χ0) is 10.1. The maximum atomic E-state index is 11.4. The molecule has 0 radical (unpaired) electrons. The van der Waals surface area contributed by atoms with Crippen molar-refractivity contribution >= 4 is 17.1 Å². The van der Waals surface area contributed by atoms with Crippen LogP contribution in [0.15, 0.2) is 5.38 Å². The number of hydrogen-bond acceptors (Lipinski definition) is 4. The van der Waals surface area contributed by atoms with Crippen LogP contribution in [0.2, 0.25) is 0 Å². The second-order valence-electron chi connectivity index (χ2n) is 3.54. The minimum atomic E-state index is -1.25. The van der Waals surface area contributed by atoms with E-state index in [4.69, 9.17) is 0 Å². The van der Waals surface area contributed by atoms with Crippen molar-refractivity contribution in [1.82, 2.24) is 4.98 Å². The summed E-state index contributed by atoms with van der Waals surface area (Å²) >= 11 is 1.45. The van der Waals surface area contributed by atoms with Gasteiger partial charge in [-0.15, -0.1) is 11.3 Å². The van der Waals surface area contributed by atoms with E-state index in [-0.39, 0.29) is 12.2 Å². The van der Waals surface area contributed by atoms with Crippen LogP contribution in [0.1, 0.15) is 24.5 Å². The van der Waals surface area contributed by atoms with E-state index in [1.54, 1.807) is 0 Å². The maximum Gasteiger partial charge on any atom is 0.170 e. The lowest BCUT2D eigenvalue weighted by molar-refractivity contribution is -0.133. The Morgan fingerprint density at radius 3 is 2.69 bits per heavy atom.